The molecule has 1 saturated carbocycles. The van der Waals surface area contributed by atoms with Crippen LogP contribution < -0.4 is 0 Å². The third-order valence-corrected chi connectivity index (χ3v) is 8.67. The van der Waals surface area contributed by atoms with Crippen LogP contribution in [0.15, 0.2) is 48.6 Å². The van der Waals surface area contributed by atoms with Crippen LogP contribution in [0.5, 0.6) is 0 Å². The van der Waals surface area contributed by atoms with Gasteiger partial charge in [0.1, 0.15) is 43.2 Å². The molecule has 49 heavy (non-hydrogen) atoms. The van der Waals surface area contributed by atoms with Crippen molar-refractivity contribution >= 4 is 19.8 Å². The molecule has 0 aromatic carbocycles. The van der Waals surface area contributed by atoms with E-state index in [1.54, 1.807) is 0 Å². The van der Waals surface area contributed by atoms with E-state index in [0.717, 1.165) is 64.2 Å². The van der Waals surface area contributed by atoms with Gasteiger partial charge in [0.05, 0.1) is 6.61 Å². The van der Waals surface area contributed by atoms with Crippen LogP contribution in [-0.2, 0) is 32.7 Å². The Morgan fingerprint density at radius 2 is 1.16 bits per heavy atom. The van der Waals surface area contributed by atoms with Gasteiger partial charge in [-0.05, 0) is 51.4 Å². The number of hydrogen-bond donors (Lipinski definition) is 6. The highest BCUT2D eigenvalue weighted by Crippen LogP contribution is 2.47. The average Bonchev–Trinajstić information content (AvgIpc) is 3.07. The molecule has 6 unspecified atom stereocenters. The second-order valence-electron chi connectivity index (χ2n) is 12.0. The van der Waals surface area contributed by atoms with Gasteiger partial charge in [-0.2, -0.15) is 0 Å². The predicted molar refractivity (Wildman–Crippen MR) is 184 cm³/mol. The van der Waals surface area contributed by atoms with E-state index in [1.807, 2.05) is 6.92 Å². The lowest BCUT2D eigenvalue weighted by molar-refractivity contribution is -0.220. The number of rotatable bonds is 26. The Labute approximate surface area is 290 Å². The van der Waals surface area contributed by atoms with Gasteiger partial charge in [-0.25, -0.2) is 4.57 Å². The molecule has 1 fully saturated rings. The van der Waals surface area contributed by atoms with Gasteiger partial charge >= 0.3 is 19.8 Å². The summed E-state index contributed by atoms with van der Waals surface area (Å²) in [7, 11) is -5.10. The zero-order valence-corrected chi connectivity index (χ0v) is 29.9. The minimum atomic E-state index is -5.10. The lowest BCUT2D eigenvalue weighted by atomic mass is 9.85. The van der Waals surface area contributed by atoms with Gasteiger partial charge in [0, 0.05) is 12.8 Å². The Morgan fingerprint density at radius 3 is 1.76 bits per heavy atom. The first-order valence-electron chi connectivity index (χ1n) is 17.4. The second-order valence-corrected chi connectivity index (χ2v) is 13.4. The number of carbonyl (C=O) groups is 2. The number of phosphoric acid groups is 1. The number of aliphatic hydroxyl groups excluding tert-OH is 5. The van der Waals surface area contributed by atoms with Gasteiger partial charge in [0.2, 0.25) is 0 Å². The number of allylic oxidation sites excluding steroid dienone is 8. The van der Waals surface area contributed by atoms with Crippen LogP contribution in [0.3, 0.4) is 0 Å². The lowest BCUT2D eigenvalue weighted by Crippen LogP contribution is -2.64. The van der Waals surface area contributed by atoms with Crippen LogP contribution in [0.4, 0.5) is 0 Å². The number of unbranched alkanes of at least 4 members (excludes halogenated alkanes) is 6. The highest BCUT2D eigenvalue weighted by molar-refractivity contribution is 7.47. The molecule has 282 valence electrons. The van der Waals surface area contributed by atoms with E-state index in [-0.39, 0.29) is 12.8 Å². The zero-order valence-electron chi connectivity index (χ0n) is 29.0. The fourth-order valence-electron chi connectivity index (χ4n) is 4.80. The first kappa shape index (κ1) is 44.8. The zero-order chi connectivity index (χ0) is 36.5. The van der Waals surface area contributed by atoms with Gasteiger partial charge in [0.25, 0.3) is 0 Å². The molecule has 0 spiro atoms. The summed E-state index contributed by atoms with van der Waals surface area (Å²) in [4.78, 5) is 34.9. The predicted octanol–water partition coefficient (Wildman–Crippen LogP) is 4.49. The first-order valence-corrected chi connectivity index (χ1v) is 18.9. The first-order chi connectivity index (χ1) is 23.4. The van der Waals surface area contributed by atoms with Gasteiger partial charge in [-0.3, -0.25) is 18.6 Å². The summed E-state index contributed by atoms with van der Waals surface area (Å²) in [5.74, 6) is -1.16. The second kappa shape index (κ2) is 26.6. The molecule has 0 bridgehead atoms. The van der Waals surface area contributed by atoms with E-state index in [1.165, 1.54) is 0 Å². The Balaban J connectivity index is 2.49. The van der Waals surface area contributed by atoms with Gasteiger partial charge in [-0.15, -0.1) is 0 Å². The largest absolute Gasteiger partial charge is 0.472 e. The molecule has 0 amide bonds. The van der Waals surface area contributed by atoms with Crippen molar-refractivity contribution in [3.63, 3.8) is 0 Å². The summed E-state index contributed by atoms with van der Waals surface area (Å²) in [6.45, 7) is 2.90. The maximum Gasteiger partial charge on any atom is 0.472 e. The quantitative estimate of drug-likeness (QED) is 0.0316. The van der Waals surface area contributed by atoms with Crippen LogP contribution in [-0.4, -0.2) is 98.3 Å². The highest BCUT2D eigenvalue weighted by atomic mass is 31.2. The number of aliphatic hydroxyl groups is 5. The average molecular weight is 719 g/mol. The summed E-state index contributed by atoms with van der Waals surface area (Å²) in [6.07, 6.45) is 14.5. The Morgan fingerprint density at radius 1 is 0.653 bits per heavy atom. The molecule has 1 aliphatic carbocycles. The fourth-order valence-corrected chi connectivity index (χ4v) is 5.78. The van der Waals surface area contributed by atoms with Crippen molar-refractivity contribution in [3.8, 4) is 0 Å². The fraction of sp³-hybridized carbons (Fsp3) is 0.714. The number of esters is 2. The Kier molecular flexibility index (Phi) is 24.3. The smallest absolute Gasteiger partial charge is 0.462 e. The minimum absolute atomic E-state index is 0.0662. The summed E-state index contributed by atoms with van der Waals surface area (Å²) in [6, 6.07) is 0. The molecule has 0 aromatic rings. The normalized spacial score (nSPS) is 25.0. The van der Waals surface area contributed by atoms with Gasteiger partial charge in [0.15, 0.2) is 6.10 Å². The van der Waals surface area contributed by atoms with Crippen molar-refractivity contribution in [1.82, 2.24) is 0 Å². The summed E-state index contributed by atoms with van der Waals surface area (Å²) in [5.41, 5.74) is 0. The van der Waals surface area contributed by atoms with Crippen molar-refractivity contribution in [2.75, 3.05) is 13.2 Å². The summed E-state index contributed by atoms with van der Waals surface area (Å²) >= 11 is 0. The number of phosphoric ester groups is 1. The van der Waals surface area contributed by atoms with E-state index in [4.69, 9.17) is 18.5 Å². The van der Waals surface area contributed by atoms with Crippen LogP contribution in [0.25, 0.3) is 0 Å². The van der Waals surface area contributed by atoms with Crippen molar-refractivity contribution in [1.29, 1.82) is 0 Å². The van der Waals surface area contributed by atoms with E-state index >= 15 is 0 Å². The molecule has 0 radical (unpaired) electrons. The minimum Gasteiger partial charge on any atom is -0.462 e. The summed E-state index contributed by atoms with van der Waals surface area (Å²) in [5, 5.41) is 49.6. The number of hydrogen-bond acceptors (Lipinski definition) is 12. The van der Waals surface area contributed by atoms with Crippen LogP contribution in [0.2, 0.25) is 0 Å². The van der Waals surface area contributed by atoms with Crippen molar-refractivity contribution in [2.24, 2.45) is 0 Å². The van der Waals surface area contributed by atoms with Crippen molar-refractivity contribution < 1.29 is 63.1 Å². The monoisotopic (exact) mass is 718 g/mol. The third-order valence-electron chi connectivity index (χ3n) is 7.68. The Bertz CT molecular complexity index is 1060. The van der Waals surface area contributed by atoms with Crippen LogP contribution in [0.1, 0.15) is 104 Å². The molecule has 6 N–H and O–H groups in total. The molecule has 13 nitrogen and oxygen atoms in total. The van der Waals surface area contributed by atoms with E-state index in [0.29, 0.717) is 12.8 Å². The van der Waals surface area contributed by atoms with E-state index < -0.39 is 75.7 Å². The Hall–Kier alpha value is -2.19. The van der Waals surface area contributed by atoms with E-state index in [2.05, 4.69) is 55.5 Å². The maximum absolute atomic E-state index is 12.6. The summed E-state index contributed by atoms with van der Waals surface area (Å²) < 4.78 is 32.9. The maximum atomic E-state index is 12.6. The molecule has 0 saturated heterocycles. The van der Waals surface area contributed by atoms with Crippen molar-refractivity contribution in [2.45, 2.75) is 146 Å². The molecule has 0 heterocycles. The van der Waals surface area contributed by atoms with E-state index in [9.17, 15) is 44.6 Å². The molecule has 0 aromatic heterocycles. The molecule has 1 aliphatic rings. The molecular weight excluding hydrogens is 659 g/mol. The standard InChI is InChI=1S/C35H59O13P/c1-3-5-7-8-9-10-11-12-13-14-15-16-17-18-19-20-22-24-29(37)47-27(25-45-28(36)23-21-6-4-2)26-46-49(43,44)48-35-33(41)31(39)30(38)32(40)34(35)42/h5,7,9-10,12-13,15-16,27,30-35,38-42H,3-4,6,8,11,14,17-26H2,1-2H3,(H,43,44)/b7-5-,10-9-,13-12-,16-15-. The SMILES string of the molecule is CC/C=C\C/C=C\C/C=C\C/C=C\CCCCCCC(=O)OC(COC(=O)CCCCC)COP(=O)(O)OC1C(O)C(O)C(O)C(O)C1O. The van der Waals surface area contributed by atoms with Crippen LogP contribution >= 0.6 is 7.82 Å². The molecular formula is C35H59O13P. The third kappa shape index (κ3) is 20.3. The van der Waals surface area contributed by atoms with Gasteiger partial charge < -0.3 is 39.9 Å². The molecule has 14 heteroatoms. The van der Waals surface area contributed by atoms with Gasteiger partial charge in [-0.1, -0.05) is 88.1 Å². The lowest BCUT2D eigenvalue weighted by Gasteiger charge is -2.41. The molecule has 1 rings (SSSR count). The van der Waals surface area contributed by atoms with Crippen LogP contribution in [0, 0.1) is 0 Å². The topological polar surface area (TPSA) is 210 Å². The number of ether oxygens (including phenoxy) is 2. The molecule has 6 atom stereocenters. The van der Waals surface area contributed by atoms with Crippen molar-refractivity contribution in [3.05, 3.63) is 48.6 Å². The number of carbonyl (C=O) groups excluding carboxylic acids is 2. The molecule has 0 aliphatic heterocycles. The highest BCUT2D eigenvalue weighted by Gasteiger charge is 2.51.